The van der Waals surface area contributed by atoms with Gasteiger partial charge in [0.1, 0.15) is 11.4 Å². The van der Waals surface area contributed by atoms with Gasteiger partial charge in [0, 0.05) is 19.3 Å². The Bertz CT molecular complexity index is 558. The summed E-state index contributed by atoms with van der Waals surface area (Å²) in [5, 5.41) is 7.77. The van der Waals surface area contributed by atoms with E-state index in [0.717, 1.165) is 49.6 Å². The fourth-order valence-electron chi connectivity index (χ4n) is 2.58. The van der Waals surface area contributed by atoms with Crippen molar-refractivity contribution in [1.82, 2.24) is 20.2 Å². The molecule has 1 saturated heterocycles. The van der Waals surface area contributed by atoms with Gasteiger partial charge in [-0.25, -0.2) is 4.63 Å². The van der Waals surface area contributed by atoms with Gasteiger partial charge < -0.3 is 4.74 Å². The maximum atomic E-state index is 5.99. The van der Waals surface area contributed by atoms with Crippen molar-refractivity contribution in [2.24, 2.45) is 0 Å². The number of aryl methyl sites for hydroxylation is 1. The van der Waals surface area contributed by atoms with E-state index in [1.54, 1.807) is 6.20 Å². The largest absolute Gasteiger partial charge is 0.371 e. The van der Waals surface area contributed by atoms with Crippen molar-refractivity contribution >= 4 is 0 Å². The molecule has 0 spiro atoms. The van der Waals surface area contributed by atoms with Crippen LogP contribution in [0.15, 0.2) is 29.0 Å². The van der Waals surface area contributed by atoms with Crippen molar-refractivity contribution in [1.29, 1.82) is 0 Å². The summed E-state index contributed by atoms with van der Waals surface area (Å²) in [4.78, 5) is 6.63. The summed E-state index contributed by atoms with van der Waals surface area (Å²) in [6.07, 6.45) is 4.28. The van der Waals surface area contributed by atoms with E-state index in [4.69, 9.17) is 9.37 Å². The van der Waals surface area contributed by atoms with Crippen molar-refractivity contribution < 1.29 is 9.37 Å². The predicted molar refractivity (Wildman–Crippen MR) is 76.4 cm³/mol. The Kier molecular flexibility index (Phi) is 4.57. The van der Waals surface area contributed by atoms with E-state index in [0.29, 0.717) is 6.61 Å². The van der Waals surface area contributed by atoms with Crippen LogP contribution in [0.2, 0.25) is 0 Å². The first-order valence-electron chi connectivity index (χ1n) is 7.33. The van der Waals surface area contributed by atoms with Crippen molar-refractivity contribution in [2.75, 3.05) is 13.1 Å². The van der Waals surface area contributed by atoms with Gasteiger partial charge in [-0.05, 0) is 38.4 Å². The normalized spacial score (nSPS) is 19.8. The highest BCUT2D eigenvalue weighted by Crippen LogP contribution is 2.17. The van der Waals surface area contributed by atoms with Crippen LogP contribution in [0.4, 0.5) is 0 Å². The molecule has 0 aromatic carbocycles. The number of hydrogen-bond acceptors (Lipinski definition) is 6. The first-order valence-corrected chi connectivity index (χ1v) is 7.33. The van der Waals surface area contributed by atoms with E-state index in [9.17, 15) is 0 Å². The third-order valence-corrected chi connectivity index (χ3v) is 3.78. The maximum absolute atomic E-state index is 5.99. The molecule has 1 fully saturated rings. The standard InChI is InChI=1S/C15H20N4O2/c1-12-15(18-21-17-12)10-19-8-4-6-14(9-19)20-11-13-5-2-3-7-16-13/h2-3,5,7,14H,4,6,8-11H2,1H3. The number of piperidine rings is 1. The molecule has 3 rings (SSSR count). The quantitative estimate of drug-likeness (QED) is 0.838. The van der Waals surface area contributed by atoms with E-state index in [1.807, 2.05) is 25.1 Å². The number of ether oxygens (including phenoxy) is 1. The monoisotopic (exact) mass is 288 g/mol. The second-order valence-corrected chi connectivity index (χ2v) is 5.43. The summed E-state index contributed by atoms with van der Waals surface area (Å²) in [5.41, 5.74) is 2.76. The highest BCUT2D eigenvalue weighted by Gasteiger charge is 2.22. The lowest BCUT2D eigenvalue weighted by molar-refractivity contribution is -0.0137. The molecule has 0 saturated carbocycles. The number of likely N-dealkylation sites (tertiary alicyclic amines) is 1. The fourth-order valence-corrected chi connectivity index (χ4v) is 2.58. The first-order chi connectivity index (χ1) is 10.3. The van der Waals surface area contributed by atoms with Gasteiger partial charge in [-0.3, -0.25) is 9.88 Å². The topological polar surface area (TPSA) is 64.3 Å². The number of rotatable bonds is 5. The van der Waals surface area contributed by atoms with Crippen LogP contribution in [-0.4, -0.2) is 39.4 Å². The molecule has 21 heavy (non-hydrogen) atoms. The molecule has 6 heteroatoms. The van der Waals surface area contributed by atoms with Crippen molar-refractivity contribution in [3.8, 4) is 0 Å². The minimum atomic E-state index is 0.251. The molecule has 1 aliphatic heterocycles. The molecule has 1 aliphatic rings. The Labute approximate surface area is 124 Å². The van der Waals surface area contributed by atoms with Gasteiger partial charge in [-0.15, -0.1) is 0 Å². The zero-order valence-corrected chi connectivity index (χ0v) is 12.2. The van der Waals surface area contributed by atoms with Crippen LogP contribution in [0.5, 0.6) is 0 Å². The van der Waals surface area contributed by atoms with E-state index < -0.39 is 0 Å². The first kappa shape index (κ1) is 14.2. The van der Waals surface area contributed by atoms with Crippen molar-refractivity contribution in [2.45, 2.75) is 39.0 Å². The summed E-state index contributed by atoms with van der Waals surface area (Å²) in [5.74, 6) is 0. The molecule has 0 amide bonds. The Balaban J connectivity index is 1.50. The molecule has 112 valence electrons. The zero-order chi connectivity index (χ0) is 14.5. The fraction of sp³-hybridized carbons (Fsp3) is 0.533. The Morgan fingerprint density at radius 1 is 1.38 bits per heavy atom. The van der Waals surface area contributed by atoms with Gasteiger partial charge >= 0.3 is 0 Å². The summed E-state index contributed by atoms with van der Waals surface area (Å²) in [7, 11) is 0. The third kappa shape index (κ3) is 3.86. The maximum Gasteiger partial charge on any atom is 0.122 e. The smallest absolute Gasteiger partial charge is 0.122 e. The van der Waals surface area contributed by atoms with Crippen molar-refractivity contribution in [3.63, 3.8) is 0 Å². The van der Waals surface area contributed by atoms with Crippen LogP contribution < -0.4 is 0 Å². The molecule has 6 nitrogen and oxygen atoms in total. The van der Waals surface area contributed by atoms with Gasteiger partial charge in [0.15, 0.2) is 0 Å². The lowest BCUT2D eigenvalue weighted by Crippen LogP contribution is -2.39. The zero-order valence-electron chi connectivity index (χ0n) is 12.2. The lowest BCUT2D eigenvalue weighted by atomic mass is 10.1. The summed E-state index contributed by atoms with van der Waals surface area (Å²) in [6, 6.07) is 5.89. The molecule has 0 bridgehead atoms. The Morgan fingerprint density at radius 3 is 3.10 bits per heavy atom. The van der Waals surface area contributed by atoms with Gasteiger partial charge in [0.2, 0.25) is 0 Å². The molecule has 1 unspecified atom stereocenters. The second kappa shape index (κ2) is 6.78. The molecule has 0 aliphatic carbocycles. The Hall–Kier alpha value is -1.79. The van der Waals surface area contributed by atoms with Gasteiger partial charge in [-0.1, -0.05) is 16.4 Å². The van der Waals surface area contributed by atoms with Crippen LogP contribution in [0.1, 0.15) is 29.9 Å². The minimum Gasteiger partial charge on any atom is -0.371 e. The molecule has 0 radical (unpaired) electrons. The number of pyridine rings is 1. The average Bonchev–Trinajstić information content (AvgIpc) is 2.92. The summed E-state index contributed by atoms with van der Waals surface area (Å²) < 4.78 is 10.7. The van der Waals surface area contributed by atoms with Crippen molar-refractivity contribution in [3.05, 3.63) is 41.5 Å². The van der Waals surface area contributed by atoms with Crippen LogP contribution in [0, 0.1) is 6.92 Å². The van der Waals surface area contributed by atoms with Gasteiger partial charge in [0.05, 0.1) is 18.4 Å². The molecule has 3 heterocycles. The molecular formula is C15H20N4O2. The average molecular weight is 288 g/mol. The van der Waals surface area contributed by atoms with E-state index in [1.165, 1.54) is 0 Å². The minimum absolute atomic E-state index is 0.251. The van der Waals surface area contributed by atoms with Crippen LogP contribution in [0.3, 0.4) is 0 Å². The number of aromatic nitrogens is 3. The molecule has 0 N–H and O–H groups in total. The van der Waals surface area contributed by atoms with Gasteiger partial charge in [0.25, 0.3) is 0 Å². The lowest BCUT2D eigenvalue weighted by Gasteiger charge is -2.32. The van der Waals surface area contributed by atoms with Crippen LogP contribution in [-0.2, 0) is 17.9 Å². The number of hydrogen-bond donors (Lipinski definition) is 0. The third-order valence-electron chi connectivity index (χ3n) is 3.78. The van der Waals surface area contributed by atoms with Gasteiger partial charge in [-0.2, -0.15) is 0 Å². The summed E-state index contributed by atoms with van der Waals surface area (Å²) >= 11 is 0. The second-order valence-electron chi connectivity index (χ2n) is 5.43. The van der Waals surface area contributed by atoms with E-state index >= 15 is 0 Å². The van der Waals surface area contributed by atoms with Crippen LogP contribution in [0.25, 0.3) is 0 Å². The molecule has 1 atom stereocenters. The summed E-state index contributed by atoms with van der Waals surface area (Å²) in [6.45, 7) is 5.25. The highest BCUT2D eigenvalue weighted by molar-refractivity contribution is 5.04. The molecular weight excluding hydrogens is 268 g/mol. The number of nitrogens with zero attached hydrogens (tertiary/aromatic N) is 4. The highest BCUT2D eigenvalue weighted by atomic mass is 16.6. The SMILES string of the molecule is Cc1nonc1CN1CCCC(OCc2ccccn2)C1. The van der Waals surface area contributed by atoms with Crippen LogP contribution >= 0.6 is 0 Å². The van der Waals surface area contributed by atoms with E-state index in [-0.39, 0.29) is 6.10 Å². The predicted octanol–water partition coefficient (Wildman–Crippen LogP) is 1.95. The van der Waals surface area contributed by atoms with E-state index in [2.05, 4.69) is 20.2 Å². The molecule has 2 aromatic heterocycles. The molecule has 2 aromatic rings. The Morgan fingerprint density at radius 2 is 2.33 bits per heavy atom.